The molecule has 0 radical (unpaired) electrons. The molecule has 1 aromatic carbocycles. The standard InChI is InChI=1S/C9H14N2/c1-3-7-5-8(10)4-6(2)9(7)11/h4-5H,3,10-11H2,1-2H3. The first kappa shape index (κ1) is 7.92. The summed E-state index contributed by atoms with van der Waals surface area (Å²) in [5.41, 5.74) is 15.3. The number of hydrogen-bond donors (Lipinski definition) is 2. The second-order valence-corrected chi connectivity index (χ2v) is 2.76. The number of rotatable bonds is 1. The highest BCUT2D eigenvalue weighted by Crippen LogP contribution is 2.20. The molecule has 1 rings (SSSR count). The topological polar surface area (TPSA) is 52.0 Å². The summed E-state index contributed by atoms with van der Waals surface area (Å²) in [7, 11) is 0. The van der Waals surface area contributed by atoms with Crippen LogP contribution < -0.4 is 11.5 Å². The zero-order chi connectivity index (χ0) is 8.43. The van der Waals surface area contributed by atoms with Crippen molar-refractivity contribution in [2.45, 2.75) is 20.3 Å². The highest BCUT2D eigenvalue weighted by Gasteiger charge is 2.00. The van der Waals surface area contributed by atoms with E-state index in [0.717, 1.165) is 28.9 Å². The van der Waals surface area contributed by atoms with Gasteiger partial charge in [-0.2, -0.15) is 0 Å². The Bertz CT molecular complexity index is 267. The molecule has 4 N–H and O–H groups in total. The normalized spacial score (nSPS) is 10.0. The van der Waals surface area contributed by atoms with Crippen LogP contribution >= 0.6 is 0 Å². The van der Waals surface area contributed by atoms with E-state index in [0.29, 0.717) is 0 Å². The highest BCUT2D eigenvalue weighted by atomic mass is 14.6. The van der Waals surface area contributed by atoms with Crippen LogP contribution in [0.25, 0.3) is 0 Å². The van der Waals surface area contributed by atoms with Gasteiger partial charge < -0.3 is 11.5 Å². The molecule has 0 saturated heterocycles. The largest absolute Gasteiger partial charge is 0.399 e. The summed E-state index contributed by atoms with van der Waals surface area (Å²) in [5, 5.41) is 0. The van der Waals surface area contributed by atoms with E-state index in [4.69, 9.17) is 11.5 Å². The Hall–Kier alpha value is -1.18. The Morgan fingerprint density at radius 2 is 1.91 bits per heavy atom. The molecule has 0 unspecified atom stereocenters. The van der Waals surface area contributed by atoms with Gasteiger partial charge in [0, 0.05) is 11.4 Å². The van der Waals surface area contributed by atoms with E-state index in [9.17, 15) is 0 Å². The van der Waals surface area contributed by atoms with Gasteiger partial charge in [-0.25, -0.2) is 0 Å². The molecule has 60 valence electrons. The number of anilines is 2. The summed E-state index contributed by atoms with van der Waals surface area (Å²) in [6.45, 7) is 4.05. The maximum Gasteiger partial charge on any atom is 0.0377 e. The first-order valence-corrected chi connectivity index (χ1v) is 3.79. The fourth-order valence-corrected chi connectivity index (χ4v) is 1.19. The predicted molar refractivity (Wildman–Crippen MR) is 49.4 cm³/mol. The van der Waals surface area contributed by atoms with Crippen LogP contribution in [0.5, 0.6) is 0 Å². The molecule has 0 atom stereocenters. The number of hydrogen-bond acceptors (Lipinski definition) is 2. The third kappa shape index (κ3) is 1.45. The molecular weight excluding hydrogens is 136 g/mol. The van der Waals surface area contributed by atoms with E-state index in [2.05, 4.69) is 6.92 Å². The molecule has 0 fully saturated rings. The molecule has 0 aliphatic carbocycles. The van der Waals surface area contributed by atoms with Crippen LogP contribution in [0, 0.1) is 6.92 Å². The van der Waals surface area contributed by atoms with Crippen LogP contribution in [0.4, 0.5) is 11.4 Å². The first-order valence-electron chi connectivity index (χ1n) is 3.79. The second kappa shape index (κ2) is 2.82. The van der Waals surface area contributed by atoms with E-state index >= 15 is 0 Å². The van der Waals surface area contributed by atoms with Crippen molar-refractivity contribution in [3.05, 3.63) is 23.3 Å². The van der Waals surface area contributed by atoms with Crippen molar-refractivity contribution in [1.29, 1.82) is 0 Å². The fourth-order valence-electron chi connectivity index (χ4n) is 1.19. The van der Waals surface area contributed by atoms with E-state index in [1.807, 2.05) is 19.1 Å². The minimum absolute atomic E-state index is 0.800. The maximum atomic E-state index is 5.81. The zero-order valence-electron chi connectivity index (χ0n) is 7.02. The molecule has 1 aromatic rings. The summed E-state index contributed by atoms with van der Waals surface area (Å²) >= 11 is 0. The number of nitrogen functional groups attached to an aromatic ring is 2. The lowest BCUT2D eigenvalue weighted by atomic mass is 10.1. The summed E-state index contributed by atoms with van der Waals surface area (Å²) in [6.07, 6.45) is 0.942. The summed E-state index contributed by atoms with van der Waals surface area (Å²) < 4.78 is 0. The van der Waals surface area contributed by atoms with Gasteiger partial charge in [-0.1, -0.05) is 6.92 Å². The maximum absolute atomic E-state index is 5.81. The van der Waals surface area contributed by atoms with Crippen LogP contribution in [0.15, 0.2) is 12.1 Å². The lowest BCUT2D eigenvalue weighted by molar-refractivity contribution is 1.14. The molecule has 0 aliphatic heterocycles. The monoisotopic (exact) mass is 150 g/mol. The number of nitrogens with two attached hydrogens (primary N) is 2. The van der Waals surface area contributed by atoms with Gasteiger partial charge in [0.25, 0.3) is 0 Å². The Morgan fingerprint density at radius 3 is 2.45 bits per heavy atom. The minimum atomic E-state index is 0.800. The summed E-state index contributed by atoms with van der Waals surface area (Å²) in [4.78, 5) is 0. The number of benzene rings is 1. The molecule has 0 bridgehead atoms. The van der Waals surface area contributed by atoms with Crippen LogP contribution in [0.2, 0.25) is 0 Å². The summed E-state index contributed by atoms with van der Waals surface area (Å²) in [6, 6.07) is 3.83. The Labute approximate surface area is 67.2 Å². The molecule has 0 saturated carbocycles. The van der Waals surface area contributed by atoms with Crippen LogP contribution in [-0.4, -0.2) is 0 Å². The molecule has 0 spiro atoms. The van der Waals surface area contributed by atoms with Gasteiger partial charge in [0.2, 0.25) is 0 Å². The zero-order valence-corrected chi connectivity index (χ0v) is 7.02. The average molecular weight is 150 g/mol. The van der Waals surface area contributed by atoms with E-state index in [-0.39, 0.29) is 0 Å². The van der Waals surface area contributed by atoms with Crippen molar-refractivity contribution >= 4 is 11.4 Å². The van der Waals surface area contributed by atoms with Crippen molar-refractivity contribution in [2.75, 3.05) is 11.5 Å². The highest BCUT2D eigenvalue weighted by molar-refractivity contribution is 5.60. The predicted octanol–water partition coefficient (Wildman–Crippen LogP) is 1.72. The molecule has 2 nitrogen and oxygen atoms in total. The molecule has 2 heteroatoms. The van der Waals surface area contributed by atoms with Crippen LogP contribution in [-0.2, 0) is 6.42 Å². The first-order chi connectivity index (χ1) is 5.15. The minimum Gasteiger partial charge on any atom is -0.399 e. The lowest BCUT2D eigenvalue weighted by Crippen LogP contribution is -1.98. The molecule has 11 heavy (non-hydrogen) atoms. The third-order valence-corrected chi connectivity index (χ3v) is 1.88. The average Bonchev–Trinajstić information content (AvgIpc) is 1.96. The molecule has 0 amide bonds. The molecular formula is C9H14N2. The van der Waals surface area contributed by atoms with Crippen molar-refractivity contribution < 1.29 is 0 Å². The van der Waals surface area contributed by atoms with Crippen LogP contribution in [0.3, 0.4) is 0 Å². The van der Waals surface area contributed by atoms with Gasteiger partial charge in [0.05, 0.1) is 0 Å². The Kier molecular flexibility index (Phi) is 2.03. The van der Waals surface area contributed by atoms with Crippen LogP contribution in [0.1, 0.15) is 18.1 Å². The SMILES string of the molecule is CCc1cc(N)cc(C)c1N. The van der Waals surface area contributed by atoms with Gasteiger partial charge in [-0.3, -0.25) is 0 Å². The van der Waals surface area contributed by atoms with Crippen molar-refractivity contribution in [3.63, 3.8) is 0 Å². The summed E-state index contributed by atoms with van der Waals surface area (Å²) in [5.74, 6) is 0. The van der Waals surface area contributed by atoms with Crippen molar-refractivity contribution in [2.24, 2.45) is 0 Å². The Morgan fingerprint density at radius 1 is 1.27 bits per heavy atom. The Balaban J connectivity index is 3.24. The fraction of sp³-hybridized carbons (Fsp3) is 0.333. The molecule has 0 heterocycles. The lowest BCUT2D eigenvalue weighted by Gasteiger charge is -2.07. The van der Waals surface area contributed by atoms with Gasteiger partial charge in [-0.05, 0) is 36.6 Å². The third-order valence-electron chi connectivity index (χ3n) is 1.88. The van der Waals surface area contributed by atoms with E-state index in [1.165, 1.54) is 0 Å². The van der Waals surface area contributed by atoms with Gasteiger partial charge in [-0.15, -0.1) is 0 Å². The van der Waals surface area contributed by atoms with E-state index < -0.39 is 0 Å². The smallest absolute Gasteiger partial charge is 0.0377 e. The van der Waals surface area contributed by atoms with E-state index in [1.54, 1.807) is 0 Å². The number of aryl methyl sites for hydroxylation is 2. The quantitative estimate of drug-likeness (QED) is 0.599. The second-order valence-electron chi connectivity index (χ2n) is 2.76. The van der Waals surface area contributed by atoms with Gasteiger partial charge in [0.1, 0.15) is 0 Å². The van der Waals surface area contributed by atoms with Gasteiger partial charge >= 0.3 is 0 Å². The van der Waals surface area contributed by atoms with Gasteiger partial charge in [0.15, 0.2) is 0 Å². The van der Waals surface area contributed by atoms with Crippen molar-refractivity contribution in [3.8, 4) is 0 Å². The molecule has 0 aliphatic rings. The molecule has 0 aromatic heterocycles. The van der Waals surface area contributed by atoms with Crippen molar-refractivity contribution in [1.82, 2.24) is 0 Å².